The summed E-state index contributed by atoms with van der Waals surface area (Å²) < 4.78 is 2.75. The number of aryl methyl sites for hydroxylation is 1. The molecule has 0 bridgehead atoms. The fourth-order valence-electron chi connectivity index (χ4n) is 2.76. The zero-order chi connectivity index (χ0) is 20.4. The number of carbonyl (C=O) groups excluding carboxylic acids is 1. The molecule has 0 aliphatic carbocycles. The van der Waals surface area contributed by atoms with Gasteiger partial charge in [-0.15, -0.1) is 0 Å². The summed E-state index contributed by atoms with van der Waals surface area (Å²) in [7, 11) is 0. The van der Waals surface area contributed by atoms with E-state index >= 15 is 0 Å². The Balaban J connectivity index is 2.02. The van der Waals surface area contributed by atoms with E-state index in [4.69, 9.17) is 23.8 Å². The molecular weight excluding hydrogens is 436 g/mol. The van der Waals surface area contributed by atoms with Gasteiger partial charge in [0.05, 0.1) is 5.75 Å². The van der Waals surface area contributed by atoms with Gasteiger partial charge in [-0.1, -0.05) is 34.7 Å². The Morgan fingerprint density at radius 2 is 2.11 bits per heavy atom. The third-order valence-corrected chi connectivity index (χ3v) is 6.91. The lowest BCUT2D eigenvalue weighted by Crippen LogP contribution is -2.32. The Labute approximate surface area is 180 Å². The maximum atomic E-state index is 12.5. The van der Waals surface area contributed by atoms with Crippen molar-refractivity contribution in [3.63, 3.8) is 0 Å². The van der Waals surface area contributed by atoms with Crippen molar-refractivity contribution in [3.05, 3.63) is 43.1 Å². The third-order valence-electron chi connectivity index (χ3n) is 4.27. The minimum atomic E-state index is -0.261. The Hall–Kier alpha value is -1.68. The normalized spacial score (nSPS) is 11.1. The molecular formula is C18H19ClN4O2S3. The molecule has 3 rings (SSSR count). The van der Waals surface area contributed by atoms with E-state index in [1.54, 1.807) is 15.5 Å². The molecule has 28 heavy (non-hydrogen) atoms. The number of amides is 1. The fourth-order valence-corrected chi connectivity index (χ4v) is 4.90. The first-order valence-electron chi connectivity index (χ1n) is 8.68. The second kappa shape index (κ2) is 8.77. The summed E-state index contributed by atoms with van der Waals surface area (Å²) in [5.74, 6) is 0.217. The molecule has 0 unspecified atom stereocenters. The molecule has 0 fully saturated rings. The van der Waals surface area contributed by atoms with Crippen molar-refractivity contribution in [2.75, 3.05) is 18.8 Å². The molecule has 6 nitrogen and oxygen atoms in total. The summed E-state index contributed by atoms with van der Waals surface area (Å²) in [4.78, 5) is 33.8. The largest absolute Gasteiger partial charge is 0.343 e. The average Bonchev–Trinajstić information content (AvgIpc) is 3.00. The lowest BCUT2D eigenvalue weighted by atomic mass is 10.2. The fraction of sp³-hybridized carbons (Fsp3) is 0.333. The molecule has 2 heterocycles. The molecule has 148 valence electrons. The highest BCUT2D eigenvalue weighted by molar-refractivity contribution is 7.99. The van der Waals surface area contributed by atoms with Crippen LogP contribution in [0.4, 0.5) is 0 Å². The summed E-state index contributed by atoms with van der Waals surface area (Å²) in [6.45, 7) is 7.08. The topological polar surface area (TPSA) is 71.0 Å². The zero-order valence-corrected chi connectivity index (χ0v) is 18.8. The summed E-state index contributed by atoms with van der Waals surface area (Å²) >= 11 is 14.0. The first-order valence-corrected chi connectivity index (χ1v) is 11.3. The molecule has 0 saturated carbocycles. The number of aromatic amines is 1. The molecule has 10 heteroatoms. The highest BCUT2D eigenvalue weighted by Gasteiger charge is 2.16. The number of H-pyrrole nitrogens is 1. The molecule has 0 spiro atoms. The van der Waals surface area contributed by atoms with Crippen molar-refractivity contribution in [1.82, 2.24) is 19.4 Å². The quantitative estimate of drug-likeness (QED) is 0.339. The maximum absolute atomic E-state index is 12.5. The van der Waals surface area contributed by atoms with Gasteiger partial charge in [0.2, 0.25) is 5.91 Å². The number of thiazole rings is 1. The number of nitrogens with one attached hydrogen (secondary N) is 1. The van der Waals surface area contributed by atoms with Crippen LogP contribution < -0.4 is 5.56 Å². The third kappa shape index (κ3) is 4.17. The van der Waals surface area contributed by atoms with Crippen LogP contribution in [0.2, 0.25) is 5.02 Å². The summed E-state index contributed by atoms with van der Waals surface area (Å²) in [5, 5.41) is 1.05. The Kier molecular flexibility index (Phi) is 6.59. The second-order valence-corrected chi connectivity index (χ2v) is 9.03. The van der Waals surface area contributed by atoms with Gasteiger partial charge < -0.3 is 9.88 Å². The van der Waals surface area contributed by atoms with E-state index in [0.717, 1.165) is 11.3 Å². The van der Waals surface area contributed by atoms with Gasteiger partial charge in [-0.05, 0) is 56.8 Å². The molecule has 2 aromatic heterocycles. The Morgan fingerprint density at radius 1 is 1.39 bits per heavy atom. The van der Waals surface area contributed by atoms with Crippen molar-refractivity contribution < 1.29 is 4.79 Å². The van der Waals surface area contributed by atoms with Gasteiger partial charge in [0.15, 0.2) is 14.8 Å². The van der Waals surface area contributed by atoms with Gasteiger partial charge in [-0.25, -0.2) is 4.98 Å². The van der Waals surface area contributed by atoms with Crippen molar-refractivity contribution in [1.29, 1.82) is 0 Å². The average molecular weight is 455 g/mol. The SMILES string of the molecule is CCN(CC)C(=O)CSc1nc2c(sc(=S)n2-c2ccc(Cl)c(C)c2)c(=O)[nH]1. The van der Waals surface area contributed by atoms with Gasteiger partial charge in [-0.3, -0.25) is 14.2 Å². The van der Waals surface area contributed by atoms with Crippen LogP contribution >= 0.6 is 46.9 Å². The molecule has 0 aliphatic heterocycles. The lowest BCUT2D eigenvalue weighted by Gasteiger charge is -2.17. The lowest BCUT2D eigenvalue weighted by molar-refractivity contribution is -0.127. The van der Waals surface area contributed by atoms with E-state index in [2.05, 4.69) is 9.97 Å². The van der Waals surface area contributed by atoms with Crippen LogP contribution in [0.15, 0.2) is 28.2 Å². The smallest absolute Gasteiger partial charge is 0.271 e. The molecule has 1 N–H and O–H groups in total. The van der Waals surface area contributed by atoms with Crippen molar-refractivity contribution >= 4 is 63.2 Å². The van der Waals surface area contributed by atoms with Gasteiger partial charge in [-0.2, -0.15) is 0 Å². The predicted octanol–water partition coefficient (Wildman–Crippen LogP) is 4.43. The number of thioether (sulfide) groups is 1. The van der Waals surface area contributed by atoms with E-state index in [1.165, 1.54) is 23.1 Å². The Bertz CT molecular complexity index is 1150. The van der Waals surface area contributed by atoms with E-state index in [9.17, 15) is 9.59 Å². The number of carbonyl (C=O) groups is 1. The summed E-state index contributed by atoms with van der Waals surface area (Å²) in [6, 6.07) is 5.55. The highest BCUT2D eigenvalue weighted by atomic mass is 35.5. The molecule has 0 saturated heterocycles. The predicted molar refractivity (Wildman–Crippen MR) is 119 cm³/mol. The van der Waals surface area contributed by atoms with Gasteiger partial charge >= 0.3 is 0 Å². The minimum absolute atomic E-state index is 0.00762. The van der Waals surface area contributed by atoms with Crippen LogP contribution in [-0.2, 0) is 4.79 Å². The number of hydrogen-bond donors (Lipinski definition) is 1. The molecule has 1 amide bonds. The van der Waals surface area contributed by atoms with Crippen molar-refractivity contribution in [2.45, 2.75) is 25.9 Å². The summed E-state index contributed by atoms with van der Waals surface area (Å²) in [6.07, 6.45) is 0. The monoisotopic (exact) mass is 454 g/mol. The first kappa shape index (κ1) is 21.0. The first-order chi connectivity index (χ1) is 13.3. The minimum Gasteiger partial charge on any atom is -0.343 e. The molecule has 0 aliphatic rings. The Morgan fingerprint density at radius 3 is 2.75 bits per heavy atom. The number of benzene rings is 1. The number of aromatic nitrogens is 3. The number of hydrogen-bond acceptors (Lipinski definition) is 6. The summed E-state index contributed by atoms with van der Waals surface area (Å²) in [5.41, 5.74) is 1.93. The van der Waals surface area contributed by atoms with Crippen LogP contribution in [0.5, 0.6) is 0 Å². The van der Waals surface area contributed by atoms with Crippen LogP contribution in [0.3, 0.4) is 0 Å². The number of halogens is 1. The maximum Gasteiger partial charge on any atom is 0.271 e. The van der Waals surface area contributed by atoms with Crippen molar-refractivity contribution in [3.8, 4) is 5.69 Å². The molecule has 0 atom stereocenters. The van der Waals surface area contributed by atoms with E-state index in [0.29, 0.717) is 37.6 Å². The van der Waals surface area contributed by atoms with Crippen LogP contribution in [0, 0.1) is 10.9 Å². The molecule has 1 aromatic carbocycles. The van der Waals surface area contributed by atoms with Crippen molar-refractivity contribution in [2.24, 2.45) is 0 Å². The van der Waals surface area contributed by atoms with Crippen LogP contribution in [0.1, 0.15) is 19.4 Å². The zero-order valence-electron chi connectivity index (χ0n) is 15.6. The van der Waals surface area contributed by atoms with Gasteiger partial charge in [0.25, 0.3) is 5.56 Å². The van der Waals surface area contributed by atoms with Gasteiger partial charge in [0, 0.05) is 23.8 Å². The van der Waals surface area contributed by atoms with E-state index in [-0.39, 0.29) is 17.2 Å². The van der Waals surface area contributed by atoms with Crippen LogP contribution in [-0.4, -0.2) is 44.2 Å². The second-order valence-electron chi connectivity index (χ2n) is 6.02. The highest BCUT2D eigenvalue weighted by Crippen LogP contribution is 2.27. The number of rotatable bonds is 6. The van der Waals surface area contributed by atoms with Crippen LogP contribution in [0.25, 0.3) is 16.0 Å². The number of fused-ring (bicyclic) bond motifs is 1. The van der Waals surface area contributed by atoms with E-state index < -0.39 is 0 Å². The standard InChI is InChI=1S/C18H19ClN4O2S3/c1-4-22(5-2)13(24)9-27-17-20-15-14(16(25)21-17)28-18(26)23(15)11-6-7-12(19)10(3)8-11/h6-8H,4-5,9H2,1-3H3,(H,20,21,25). The van der Waals surface area contributed by atoms with Gasteiger partial charge in [0.1, 0.15) is 4.70 Å². The molecule has 3 aromatic rings. The van der Waals surface area contributed by atoms with E-state index in [1.807, 2.05) is 32.9 Å². The molecule has 0 radical (unpaired) electrons. The number of nitrogens with zero attached hydrogens (tertiary/aromatic N) is 3.